The van der Waals surface area contributed by atoms with Crippen LogP contribution in [-0.2, 0) is 11.2 Å². The number of Topliss-reactive ketones (excluding diaryl/α,β-unsaturated/α-hetero) is 1. The lowest BCUT2D eigenvalue weighted by molar-refractivity contribution is -0.116. The van der Waals surface area contributed by atoms with Crippen molar-refractivity contribution >= 4 is 23.1 Å². The molecule has 1 amide bonds. The summed E-state index contributed by atoms with van der Waals surface area (Å²) in [6.07, 6.45) is 0.801. The van der Waals surface area contributed by atoms with E-state index in [1.807, 2.05) is 44.2 Å². The molecule has 0 aromatic heterocycles. The van der Waals surface area contributed by atoms with E-state index < -0.39 is 0 Å². The lowest BCUT2D eigenvalue weighted by Crippen LogP contribution is -2.27. The first kappa shape index (κ1) is 17.2. The van der Waals surface area contributed by atoms with Crippen molar-refractivity contribution < 1.29 is 9.59 Å². The molecule has 2 aromatic rings. The van der Waals surface area contributed by atoms with Crippen LogP contribution in [0, 0.1) is 13.8 Å². The predicted octanol–water partition coefficient (Wildman–Crippen LogP) is 3.90. The molecule has 1 aliphatic rings. The van der Waals surface area contributed by atoms with Crippen LogP contribution in [0.25, 0.3) is 0 Å². The fourth-order valence-electron chi connectivity index (χ4n) is 3.41. The zero-order valence-electron chi connectivity index (χ0n) is 15.2. The number of carbonyl (C=O) groups is 2. The van der Waals surface area contributed by atoms with E-state index in [4.69, 9.17) is 0 Å². The van der Waals surface area contributed by atoms with Crippen LogP contribution in [0.4, 0.5) is 11.4 Å². The molecule has 0 radical (unpaired) electrons. The molecule has 0 unspecified atom stereocenters. The van der Waals surface area contributed by atoms with E-state index in [0.717, 1.165) is 28.9 Å². The monoisotopic (exact) mass is 336 g/mol. The van der Waals surface area contributed by atoms with Gasteiger partial charge in [0, 0.05) is 30.4 Å². The molecule has 0 saturated heterocycles. The molecule has 1 atom stereocenters. The average Bonchev–Trinajstić information content (AvgIpc) is 3.00. The Kier molecular flexibility index (Phi) is 4.62. The number of nitrogens with zero attached hydrogens (tertiary/aromatic N) is 1. The number of fused-ring (bicyclic) bond motifs is 1. The Hall–Kier alpha value is -2.62. The minimum absolute atomic E-state index is 0.0442. The summed E-state index contributed by atoms with van der Waals surface area (Å²) in [6.45, 7) is 8.25. The van der Waals surface area contributed by atoms with Gasteiger partial charge in [0.2, 0.25) is 5.91 Å². The number of nitrogens with one attached hydrogen (secondary N) is 1. The van der Waals surface area contributed by atoms with Crippen LogP contribution in [0.15, 0.2) is 36.4 Å². The highest BCUT2D eigenvalue weighted by Crippen LogP contribution is 2.29. The first-order chi connectivity index (χ1) is 11.9. The van der Waals surface area contributed by atoms with Crippen molar-refractivity contribution in [1.29, 1.82) is 0 Å². The van der Waals surface area contributed by atoms with E-state index in [-0.39, 0.29) is 17.7 Å². The molecule has 1 heterocycles. The Bertz CT molecular complexity index is 842. The lowest BCUT2D eigenvalue weighted by atomic mass is 10.0. The number of aryl methyl sites for hydroxylation is 2. The smallest absolute Gasteiger partial charge is 0.223 e. The highest BCUT2D eigenvalue weighted by Gasteiger charge is 2.24. The fraction of sp³-hybridized carbons (Fsp3) is 0.333. The average molecular weight is 336 g/mol. The highest BCUT2D eigenvalue weighted by molar-refractivity contribution is 6.03. The van der Waals surface area contributed by atoms with E-state index >= 15 is 0 Å². The minimum Gasteiger partial charge on any atom is -0.375 e. The first-order valence-electron chi connectivity index (χ1n) is 8.66. The van der Waals surface area contributed by atoms with Crippen molar-refractivity contribution in [3.8, 4) is 0 Å². The zero-order chi connectivity index (χ0) is 18.1. The van der Waals surface area contributed by atoms with E-state index in [1.165, 1.54) is 5.56 Å². The molecule has 1 N–H and O–H groups in total. The number of rotatable bonds is 4. The second-order valence-corrected chi connectivity index (χ2v) is 6.81. The molecule has 0 fully saturated rings. The second kappa shape index (κ2) is 6.71. The van der Waals surface area contributed by atoms with Gasteiger partial charge in [-0.1, -0.05) is 17.7 Å². The Morgan fingerprint density at radius 3 is 2.56 bits per heavy atom. The number of benzene rings is 2. The van der Waals surface area contributed by atoms with Crippen molar-refractivity contribution in [1.82, 2.24) is 0 Å². The van der Waals surface area contributed by atoms with E-state index in [0.29, 0.717) is 12.1 Å². The molecule has 1 aliphatic heterocycles. The summed E-state index contributed by atoms with van der Waals surface area (Å²) in [4.78, 5) is 26.2. The van der Waals surface area contributed by atoms with Gasteiger partial charge in [0.05, 0.1) is 6.04 Å². The van der Waals surface area contributed by atoms with E-state index in [1.54, 1.807) is 11.8 Å². The highest BCUT2D eigenvalue weighted by atomic mass is 16.2. The van der Waals surface area contributed by atoms with Crippen LogP contribution in [0.5, 0.6) is 0 Å². The van der Waals surface area contributed by atoms with Crippen LogP contribution in [0.2, 0.25) is 0 Å². The lowest BCUT2D eigenvalue weighted by Gasteiger charge is -2.18. The van der Waals surface area contributed by atoms with Gasteiger partial charge in [-0.25, -0.2) is 0 Å². The Morgan fingerprint density at radius 1 is 1.12 bits per heavy atom. The number of ketones is 1. The van der Waals surface area contributed by atoms with Crippen molar-refractivity contribution in [3.63, 3.8) is 0 Å². The molecule has 0 aliphatic carbocycles. The van der Waals surface area contributed by atoms with Gasteiger partial charge in [-0.2, -0.15) is 0 Å². The summed E-state index contributed by atoms with van der Waals surface area (Å²) in [5.41, 5.74) is 6.00. The van der Waals surface area contributed by atoms with Crippen molar-refractivity contribution in [3.05, 3.63) is 58.7 Å². The summed E-state index contributed by atoms with van der Waals surface area (Å²) in [6, 6.07) is 11.5. The number of anilines is 2. The third kappa shape index (κ3) is 3.43. The number of carbonyl (C=O) groups excluding carboxylic acids is 2. The van der Waals surface area contributed by atoms with Gasteiger partial charge >= 0.3 is 0 Å². The Labute approximate surface area is 148 Å². The largest absolute Gasteiger partial charge is 0.375 e. The normalized spacial score (nSPS) is 14.2. The fourth-order valence-corrected chi connectivity index (χ4v) is 3.41. The third-order valence-corrected chi connectivity index (χ3v) is 4.79. The summed E-state index contributed by atoms with van der Waals surface area (Å²) < 4.78 is 0. The van der Waals surface area contributed by atoms with Crippen molar-refractivity contribution in [2.75, 3.05) is 16.8 Å². The summed E-state index contributed by atoms with van der Waals surface area (Å²) in [5.74, 6) is 0.103. The maximum atomic E-state index is 12.8. The number of hydrogen-bond acceptors (Lipinski definition) is 3. The van der Waals surface area contributed by atoms with E-state index in [9.17, 15) is 9.59 Å². The summed E-state index contributed by atoms with van der Waals surface area (Å²) in [5, 5.41) is 3.32. The molecule has 4 nitrogen and oxygen atoms in total. The minimum atomic E-state index is -0.315. The van der Waals surface area contributed by atoms with Crippen molar-refractivity contribution in [2.24, 2.45) is 0 Å². The molecular formula is C21H24N2O2. The number of hydrogen-bond donors (Lipinski definition) is 1. The zero-order valence-corrected chi connectivity index (χ0v) is 15.2. The second-order valence-electron chi connectivity index (χ2n) is 6.81. The molecule has 25 heavy (non-hydrogen) atoms. The van der Waals surface area contributed by atoms with Crippen LogP contribution in [-0.4, -0.2) is 24.3 Å². The number of amides is 1. The van der Waals surface area contributed by atoms with E-state index in [2.05, 4.69) is 18.3 Å². The first-order valence-corrected chi connectivity index (χ1v) is 8.66. The van der Waals surface area contributed by atoms with Crippen molar-refractivity contribution in [2.45, 2.75) is 40.2 Å². The standard InChI is InChI=1S/C21H24N2O2/c1-13-5-7-19(14(2)11-13)22-15(3)21(25)18-6-8-20-17(12-18)9-10-23(20)16(4)24/h5-8,11-12,15,22H,9-10H2,1-4H3/t15-/m0/s1. The molecule has 4 heteroatoms. The van der Waals surface area contributed by atoms with Gasteiger partial charge in [0.15, 0.2) is 5.78 Å². The maximum Gasteiger partial charge on any atom is 0.223 e. The molecule has 0 bridgehead atoms. The van der Waals surface area contributed by atoms with Gasteiger partial charge in [-0.05, 0) is 62.6 Å². The SMILES string of the molecule is CC(=O)N1CCc2cc(C(=O)[C@H](C)Nc3ccc(C)cc3C)ccc21. The summed E-state index contributed by atoms with van der Waals surface area (Å²) >= 11 is 0. The topological polar surface area (TPSA) is 49.4 Å². The summed E-state index contributed by atoms with van der Waals surface area (Å²) in [7, 11) is 0. The predicted molar refractivity (Wildman–Crippen MR) is 102 cm³/mol. The molecule has 0 spiro atoms. The Balaban J connectivity index is 1.78. The van der Waals surface area contributed by atoms with Crippen LogP contribution in [0.1, 0.15) is 40.9 Å². The van der Waals surface area contributed by atoms with Crippen LogP contribution < -0.4 is 10.2 Å². The molecular weight excluding hydrogens is 312 g/mol. The van der Waals surface area contributed by atoms with Gasteiger partial charge in [0.1, 0.15) is 0 Å². The maximum absolute atomic E-state index is 12.8. The van der Waals surface area contributed by atoms with Gasteiger partial charge < -0.3 is 10.2 Å². The van der Waals surface area contributed by atoms with Crippen LogP contribution in [0.3, 0.4) is 0 Å². The molecule has 2 aromatic carbocycles. The van der Waals surface area contributed by atoms with Gasteiger partial charge in [-0.3, -0.25) is 9.59 Å². The van der Waals surface area contributed by atoms with Crippen LogP contribution >= 0.6 is 0 Å². The van der Waals surface area contributed by atoms with Gasteiger partial charge in [0.25, 0.3) is 0 Å². The quantitative estimate of drug-likeness (QED) is 0.862. The third-order valence-electron chi connectivity index (χ3n) is 4.79. The molecule has 130 valence electrons. The Morgan fingerprint density at radius 2 is 1.88 bits per heavy atom. The molecule has 3 rings (SSSR count). The molecule has 0 saturated carbocycles. The van der Waals surface area contributed by atoms with Gasteiger partial charge in [-0.15, -0.1) is 0 Å².